The van der Waals surface area contributed by atoms with E-state index < -0.39 is 5.54 Å². The molecule has 2 N–H and O–H groups in total. The summed E-state index contributed by atoms with van der Waals surface area (Å²) in [5.74, 6) is -0.262. The second-order valence-corrected chi connectivity index (χ2v) is 5.09. The largest absolute Gasteiger partial charge is 0.469 e. The molecule has 0 atom stereocenters. The number of hydrogen-bond donors (Lipinski definition) is 1. The number of rotatable bonds is 2. The topological polar surface area (TPSA) is 78.1 Å². The molecule has 0 amide bonds. The zero-order valence-electron chi connectivity index (χ0n) is 8.69. The quantitative estimate of drug-likeness (QED) is 0.748. The van der Waals surface area contributed by atoms with Crippen LogP contribution in [0.2, 0.25) is 0 Å². The number of carbonyl (C=O) groups excluding carboxylic acids is 1. The van der Waals surface area contributed by atoms with Gasteiger partial charge < -0.3 is 10.5 Å². The van der Waals surface area contributed by atoms with Gasteiger partial charge in [0, 0.05) is 0 Å². The Hall–Kier alpha value is -1.01. The van der Waals surface area contributed by atoms with Gasteiger partial charge in [-0.15, -0.1) is 10.2 Å². The SMILES string of the molecule is COC(=O)C1CC(N)(c2nnc(C)s2)C1. The molecule has 1 fully saturated rings. The monoisotopic (exact) mass is 227 g/mol. The Balaban J connectivity index is 2.05. The van der Waals surface area contributed by atoms with E-state index in [2.05, 4.69) is 14.9 Å². The summed E-state index contributed by atoms with van der Waals surface area (Å²) in [6.45, 7) is 1.89. The van der Waals surface area contributed by atoms with Crippen LogP contribution in [0.3, 0.4) is 0 Å². The molecule has 5 nitrogen and oxygen atoms in total. The lowest BCUT2D eigenvalue weighted by atomic mass is 9.69. The van der Waals surface area contributed by atoms with Crippen molar-refractivity contribution in [2.24, 2.45) is 11.7 Å². The third kappa shape index (κ3) is 1.74. The molecule has 0 bridgehead atoms. The summed E-state index contributed by atoms with van der Waals surface area (Å²) >= 11 is 1.49. The van der Waals surface area contributed by atoms with Crippen molar-refractivity contribution >= 4 is 17.3 Å². The Morgan fingerprint density at radius 1 is 1.60 bits per heavy atom. The average molecular weight is 227 g/mol. The number of esters is 1. The number of methoxy groups -OCH3 is 1. The second-order valence-electron chi connectivity index (χ2n) is 3.91. The number of aryl methyl sites for hydroxylation is 1. The van der Waals surface area contributed by atoms with E-state index in [1.807, 2.05) is 6.92 Å². The summed E-state index contributed by atoms with van der Waals surface area (Å²) in [7, 11) is 1.40. The van der Waals surface area contributed by atoms with E-state index in [0.29, 0.717) is 12.8 Å². The van der Waals surface area contributed by atoms with E-state index in [-0.39, 0.29) is 11.9 Å². The highest BCUT2D eigenvalue weighted by molar-refractivity contribution is 7.11. The molecular formula is C9H13N3O2S. The van der Waals surface area contributed by atoms with Gasteiger partial charge in [0.25, 0.3) is 0 Å². The van der Waals surface area contributed by atoms with Crippen LogP contribution in [0.15, 0.2) is 0 Å². The Morgan fingerprint density at radius 2 is 2.27 bits per heavy atom. The van der Waals surface area contributed by atoms with Crippen molar-refractivity contribution in [1.29, 1.82) is 0 Å². The predicted octanol–water partition coefficient (Wildman–Crippen LogP) is 0.584. The lowest BCUT2D eigenvalue weighted by molar-refractivity contribution is -0.151. The number of ether oxygens (including phenoxy) is 1. The maximum atomic E-state index is 11.2. The van der Waals surface area contributed by atoms with Gasteiger partial charge in [-0.3, -0.25) is 4.79 Å². The van der Waals surface area contributed by atoms with E-state index in [1.165, 1.54) is 18.4 Å². The van der Waals surface area contributed by atoms with Crippen LogP contribution >= 0.6 is 11.3 Å². The molecule has 1 aliphatic rings. The zero-order chi connectivity index (χ0) is 11.1. The van der Waals surface area contributed by atoms with Crippen LogP contribution < -0.4 is 5.73 Å². The van der Waals surface area contributed by atoms with Crippen molar-refractivity contribution in [3.05, 3.63) is 10.0 Å². The molecule has 82 valence electrons. The van der Waals surface area contributed by atoms with Crippen LogP contribution in [0.4, 0.5) is 0 Å². The lowest BCUT2D eigenvalue weighted by Gasteiger charge is -2.41. The first kappa shape index (κ1) is 10.5. The highest BCUT2D eigenvalue weighted by Crippen LogP contribution is 2.44. The van der Waals surface area contributed by atoms with Crippen molar-refractivity contribution in [3.8, 4) is 0 Å². The molecule has 0 aliphatic heterocycles. The van der Waals surface area contributed by atoms with Crippen LogP contribution in [-0.2, 0) is 15.1 Å². The molecule has 2 rings (SSSR count). The fourth-order valence-electron chi connectivity index (χ4n) is 1.83. The predicted molar refractivity (Wildman–Crippen MR) is 55.3 cm³/mol. The molecular weight excluding hydrogens is 214 g/mol. The zero-order valence-corrected chi connectivity index (χ0v) is 9.50. The van der Waals surface area contributed by atoms with Gasteiger partial charge >= 0.3 is 5.97 Å². The van der Waals surface area contributed by atoms with Gasteiger partial charge in [0.05, 0.1) is 18.6 Å². The molecule has 0 saturated heterocycles. The number of nitrogens with two attached hydrogens (primary N) is 1. The molecule has 0 radical (unpaired) electrons. The molecule has 1 aromatic heterocycles. The molecule has 0 spiro atoms. The third-order valence-corrected chi connectivity index (χ3v) is 3.77. The second kappa shape index (κ2) is 3.53. The van der Waals surface area contributed by atoms with Crippen LogP contribution in [0, 0.1) is 12.8 Å². The minimum Gasteiger partial charge on any atom is -0.469 e. The summed E-state index contributed by atoms with van der Waals surface area (Å²) < 4.78 is 4.66. The van der Waals surface area contributed by atoms with Crippen molar-refractivity contribution in [3.63, 3.8) is 0 Å². The maximum Gasteiger partial charge on any atom is 0.308 e. The molecule has 1 saturated carbocycles. The molecule has 0 aromatic carbocycles. The molecule has 1 aliphatic carbocycles. The Kier molecular flexibility index (Phi) is 2.47. The Bertz CT molecular complexity index is 384. The van der Waals surface area contributed by atoms with Gasteiger partial charge in [-0.2, -0.15) is 0 Å². The minimum atomic E-state index is -0.467. The molecule has 1 aromatic rings. The number of aromatic nitrogens is 2. The van der Waals surface area contributed by atoms with E-state index in [0.717, 1.165) is 10.0 Å². The molecule has 1 heterocycles. The maximum absolute atomic E-state index is 11.2. The normalized spacial score (nSPS) is 29.7. The third-order valence-electron chi connectivity index (χ3n) is 2.71. The average Bonchev–Trinajstić information content (AvgIpc) is 2.59. The summed E-state index contributed by atoms with van der Waals surface area (Å²) in [5, 5.41) is 9.67. The van der Waals surface area contributed by atoms with E-state index in [1.54, 1.807) is 0 Å². The Morgan fingerprint density at radius 3 is 2.73 bits per heavy atom. The van der Waals surface area contributed by atoms with Crippen molar-refractivity contribution < 1.29 is 9.53 Å². The smallest absolute Gasteiger partial charge is 0.308 e. The standard InChI is InChI=1S/C9H13N3O2S/c1-5-11-12-8(15-5)9(10)3-6(4-9)7(13)14-2/h6H,3-4,10H2,1-2H3. The summed E-state index contributed by atoms with van der Waals surface area (Å²) in [5.41, 5.74) is 5.65. The van der Waals surface area contributed by atoms with E-state index in [9.17, 15) is 4.79 Å². The first-order chi connectivity index (χ1) is 7.05. The molecule has 6 heteroatoms. The fraction of sp³-hybridized carbons (Fsp3) is 0.667. The van der Waals surface area contributed by atoms with Crippen LogP contribution in [0.1, 0.15) is 22.9 Å². The molecule has 0 unspecified atom stereocenters. The van der Waals surface area contributed by atoms with E-state index in [4.69, 9.17) is 5.73 Å². The van der Waals surface area contributed by atoms with Gasteiger partial charge in [0.2, 0.25) is 0 Å². The van der Waals surface area contributed by atoms with Crippen molar-refractivity contribution in [2.75, 3.05) is 7.11 Å². The van der Waals surface area contributed by atoms with Gasteiger partial charge in [-0.1, -0.05) is 11.3 Å². The van der Waals surface area contributed by atoms with Crippen LogP contribution in [-0.4, -0.2) is 23.3 Å². The molecule has 15 heavy (non-hydrogen) atoms. The Labute approximate surface area is 91.6 Å². The fourth-order valence-corrected chi connectivity index (χ4v) is 2.64. The minimum absolute atomic E-state index is 0.0794. The van der Waals surface area contributed by atoms with Gasteiger partial charge in [0.1, 0.15) is 10.0 Å². The van der Waals surface area contributed by atoms with Gasteiger partial charge in [-0.25, -0.2) is 0 Å². The number of nitrogens with zero attached hydrogens (tertiary/aromatic N) is 2. The summed E-state index contributed by atoms with van der Waals surface area (Å²) in [6, 6.07) is 0. The van der Waals surface area contributed by atoms with E-state index >= 15 is 0 Å². The summed E-state index contributed by atoms with van der Waals surface area (Å²) in [6.07, 6.45) is 1.21. The number of hydrogen-bond acceptors (Lipinski definition) is 6. The van der Waals surface area contributed by atoms with Crippen LogP contribution in [0.25, 0.3) is 0 Å². The highest BCUT2D eigenvalue weighted by atomic mass is 32.1. The first-order valence-corrected chi connectivity index (χ1v) is 5.54. The lowest BCUT2D eigenvalue weighted by Crippen LogP contribution is -2.51. The van der Waals surface area contributed by atoms with Gasteiger partial charge in [0.15, 0.2) is 0 Å². The summed E-state index contributed by atoms with van der Waals surface area (Å²) in [4.78, 5) is 11.2. The van der Waals surface area contributed by atoms with Crippen molar-refractivity contribution in [1.82, 2.24) is 10.2 Å². The number of carbonyl (C=O) groups is 1. The highest BCUT2D eigenvalue weighted by Gasteiger charge is 2.48. The van der Waals surface area contributed by atoms with Crippen LogP contribution in [0.5, 0.6) is 0 Å². The van der Waals surface area contributed by atoms with Gasteiger partial charge in [-0.05, 0) is 19.8 Å². The van der Waals surface area contributed by atoms with Crippen molar-refractivity contribution in [2.45, 2.75) is 25.3 Å². The first-order valence-electron chi connectivity index (χ1n) is 4.72.